The smallest absolute Gasteiger partial charge is 0.337 e. The Hall–Kier alpha value is -0.160. The molecule has 0 aromatic carbocycles. The molecule has 4 heteroatoms. The Morgan fingerprint density at radius 3 is 1.43 bits per heavy atom. The van der Waals surface area contributed by atoms with Gasteiger partial charge in [-0.05, 0) is 6.92 Å². The van der Waals surface area contributed by atoms with Crippen LogP contribution in [0.5, 0.6) is 0 Å². The lowest BCUT2D eigenvalue weighted by Gasteiger charge is -1.92. The number of aliphatic hydroxyl groups is 3. The van der Waals surface area contributed by atoms with E-state index < -0.39 is 11.8 Å². The molecule has 4 nitrogen and oxygen atoms in total. The van der Waals surface area contributed by atoms with Crippen LogP contribution in [0.2, 0.25) is 0 Å². The molecule has 1 fully saturated rings. The molecule has 1 aliphatic heterocycles. The predicted octanol–water partition coefficient (Wildman–Crippen LogP) is -1.64. The Morgan fingerprint density at radius 2 is 1.43 bits per heavy atom. The summed E-state index contributed by atoms with van der Waals surface area (Å²) in [5.74, 6) is -4.04. The fraction of sp³-hybridized carbons (Fsp3) is 1.00. The molecule has 7 heavy (non-hydrogen) atoms. The second-order valence-corrected chi connectivity index (χ2v) is 1.69. The lowest BCUT2D eigenvalue weighted by Crippen LogP contribution is -2.20. The molecule has 0 radical (unpaired) electrons. The lowest BCUT2D eigenvalue weighted by molar-refractivity contribution is -0.159. The average molecular weight is 106 g/mol. The van der Waals surface area contributed by atoms with Crippen LogP contribution >= 0.6 is 0 Å². The first-order chi connectivity index (χ1) is 2.96. The van der Waals surface area contributed by atoms with Gasteiger partial charge in [-0.15, -0.1) is 0 Å². The standard InChI is InChI=1S/C3H6O4/c1-2(4)3(5,6)7-2/h4-6H,1H3. The minimum Gasteiger partial charge on any atom is -0.359 e. The number of epoxide rings is 1. The first kappa shape index (κ1) is 4.99. The summed E-state index contributed by atoms with van der Waals surface area (Å²) >= 11 is 0. The van der Waals surface area contributed by atoms with Crippen LogP contribution in [0.25, 0.3) is 0 Å². The van der Waals surface area contributed by atoms with Crippen LogP contribution in [0.4, 0.5) is 0 Å². The van der Waals surface area contributed by atoms with Gasteiger partial charge in [0.1, 0.15) is 0 Å². The van der Waals surface area contributed by atoms with Crippen LogP contribution in [0.1, 0.15) is 6.92 Å². The van der Waals surface area contributed by atoms with E-state index in [2.05, 4.69) is 4.74 Å². The van der Waals surface area contributed by atoms with E-state index in [9.17, 15) is 0 Å². The van der Waals surface area contributed by atoms with Crippen LogP contribution in [0, 0.1) is 0 Å². The molecule has 0 amide bonds. The van der Waals surface area contributed by atoms with Crippen molar-refractivity contribution < 1.29 is 20.1 Å². The van der Waals surface area contributed by atoms with Gasteiger partial charge in [0.05, 0.1) is 0 Å². The van der Waals surface area contributed by atoms with Gasteiger partial charge in [0.25, 0.3) is 5.79 Å². The largest absolute Gasteiger partial charge is 0.359 e. The second kappa shape index (κ2) is 0.830. The van der Waals surface area contributed by atoms with Crippen molar-refractivity contribution >= 4 is 0 Å². The van der Waals surface area contributed by atoms with Gasteiger partial charge in [-0.25, -0.2) is 0 Å². The molecule has 0 saturated carbocycles. The summed E-state index contributed by atoms with van der Waals surface area (Å²) in [5.41, 5.74) is 0. The summed E-state index contributed by atoms with van der Waals surface area (Å²) < 4.78 is 3.96. The summed E-state index contributed by atoms with van der Waals surface area (Å²) in [7, 11) is 0. The maximum atomic E-state index is 8.44. The van der Waals surface area contributed by atoms with Crippen molar-refractivity contribution in [3.8, 4) is 0 Å². The van der Waals surface area contributed by atoms with E-state index in [1.807, 2.05) is 0 Å². The fourth-order valence-electron chi connectivity index (χ4n) is 0.252. The maximum Gasteiger partial charge on any atom is 0.337 e. The predicted molar refractivity (Wildman–Crippen MR) is 18.9 cm³/mol. The minimum atomic E-state index is -2.30. The highest BCUT2D eigenvalue weighted by Gasteiger charge is 2.66. The first-order valence-corrected chi connectivity index (χ1v) is 1.83. The molecule has 1 heterocycles. The highest BCUT2D eigenvalue weighted by molar-refractivity contribution is 4.85. The Balaban J connectivity index is 2.59. The van der Waals surface area contributed by atoms with E-state index in [1.165, 1.54) is 0 Å². The molecule has 1 aliphatic rings. The quantitative estimate of drug-likeness (QED) is 0.256. The van der Waals surface area contributed by atoms with Crippen molar-refractivity contribution in [2.24, 2.45) is 0 Å². The summed E-state index contributed by atoms with van der Waals surface area (Å²) in [5, 5.41) is 24.9. The number of ether oxygens (including phenoxy) is 1. The van der Waals surface area contributed by atoms with Gasteiger partial charge in [-0.1, -0.05) is 0 Å². The van der Waals surface area contributed by atoms with Gasteiger partial charge in [-0.3, -0.25) is 4.74 Å². The Kier molecular flexibility index (Phi) is 0.591. The van der Waals surface area contributed by atoms with Gasteiger partial charge in [0, 0.05) is 0 Å². The molecular weight excluding hydrogens is 100 g/mol. The van der Waals surface area contributed by atoms with Crippen LogP contribution in [0.15, 0.2) is 0 Å². The Labute approximate surface area is 40.0 Å². The monoisotopic (exact) mass is 106 g/mol. The zero-order valence-corrected chi connectivity index (χ0v) is 3.75. The molecule has 0 aromatic heterocycles. The van der Waals surface area contributed by atoms with Crippen molar-refractivity contribution in [2.75, 3.05) is 0 Å². The highest BCUT2D eigenvalue weighted by atomic mass is 16.9. The van der Waals surface area contributed by atoms with E-state index in [1.54, 1.807) is 0 Å². The van der Waals surface area contributed by atoms with Crippen molar-refractivity contribution in [1.29, 1.82) is 0 Å². The average Bonchev–Trinajstić information content (AvgIpc) is 1.63. The molecule has 0 aromatic rings. The van der Waals surface area contributed by atoms with E-state index in [4.69, 9.17) is 15.3 Å². The molecule has 1 saturated heterocycles. The number of hydrogen-bond donors (Lipinski definition) is 3. The summed E-state index contributed by atoms with van der Waals surface area (Å²) in [4.78, 5) is 0. The Bertz CT molecular complexity index is 83.1. The van der Waals surface area contributed by atoms with Crippen LogP contribution in [-0.2, 0) is 4.74 Å². The zero-order chi connectivity index (χ0) is 5.71. The second-order valence-electron chi connectivity index (χ2n) is 1.69. The summed E-state index contributed by atoms with van der Waals surface area (Å²) in [6, 6.07) is 0. The summed E-state index contributed by atoms with van der Waals surface area (Å²) in [6.07, 6.45) is 0. The molecule has 0 aliphatic carbocycles. The molecule has 1 rings (SSSR count). The fourth-order valence-corrected chi connectivity index (χ4v) is 0.252. The SMILES string of the molecule is CC1(O)OC1(O)O. The van der Waals surface area contributed by atoms with Gasteiger partial charge in [-0.2, -0.15) is 0 Å². The molecular formula is C3H6O4. The van der Waals surface area contributed by atoms with E-state index in [0.717, 1.165) is 6.92 Å². The molecule has 42 valence electrons. The molecule has 1 atom stereocenters. The Morgan fingerprint density at radius 1 is 1.29 bits per heavy atom. The summed E-state index contributed by atoms with van der Waals surface area (Å²) in [6.45, 7) is 1.16. The molecule has 0 bridgehead atoms. The van der Waals surface area contributed by atoms with Crippen LogP contribution < -0.4 is 0 Å². The third-order valence-electron chi connectivity index (χ3n) is 0.904. The first-order valence-electron chi connectivity index (χ1n) is 1.83. The van der Waals surface area contributed by atoms with Gasteiger partial charge in [0.2, 0.25) is 0 Å². The topological polar surface area (TPSA) is 73.2 Å². The van der Waals surface area contributed by atoms with E-state index in [0.29, 0.717) is 0 Å². The van der Waals surface area contributed by atoms with Crippen molar-refractivity contribution in [3.05, 3.63) is 0 Å². The van der Waals surface area contributed by atoms with Crippen molar-refractivity contribution in [2.45, 2.75) is 18.7 Å². The van der Waals surface area contributed by atoms with Crippen molar-refractivity contribution in [3.63, 3.8) is 0 Å². The normalized spacial score (nSPS) is 46.3. The van der Waals surface area contributed by atoms with Crippen LogP contribution in [-0.4, -0.2) is 27.1 Å². The number of rotatable bonds is 0. The number of hydrogen-bond acceptors (Lipinski definition) is 4. The van der Waals surface area contributed by atoms with Gasteiger partial charge >= 0.3 is 5.97 Å². The minimum absolute atomic E-state index is 1.16. The van der Waals surface area contributed by atoms with Crippen molar-refractivity contribution in [1.82, 2.24) is 0 Å². The lowest BCUT2D eigenvalue weighted by atomic mass is 10.4. The highest BCUT2D eigenvalue weighted by Crippen LogP contribution is 2.39. The third kappa shape index (κ3) is 0.522. The van der Waals surface area contributed by atoms with E-state index >= 15 is 0 Å². The maximum absolute atomic E-state index is 8.44. The molecule has 0 spiro atoms. The van der Waals surface area contributed by atoms with Gasteiger partial charge in [0.15, 0.2) is 0 Å². The molecule has 1 unspecified atom stereocenters. The van der Waals surface area contributed by atoms with Crippen LogP contribution in [0.3, 0.4) is 0 Å². The van der Waals surface area contributed by atoms with Gasteiger partial charge < -0.3 is 15.3 Å². The molecule has 3 N–H and O–H groups in total. The third-order valence-corrected chi connectivity index (χ3v) is 0.904. The van der Waals surface area contributed by atoms with E-state index in [-0.39, 0.29) is 0 Å². The zero-order valence-electron chi connectivity index (χ0n) is 3.75.